The second kappa shape index (κ2) is 11.2. The quantitative estimate of drug-likeness (QED) is 0.312. The Kier molecular flexibility index (Phi) is 7.83. The van der Waals surface area contributed by atoms with Crippen LogP contribution in [0.5, 0.6) is 11.5 Å². The van der Waals surface area contributed by atoms with E-state index < -0.39 is 0 Å². The van der Waals surface area contributed by atoms with Crippen LogP contribution in [-0.4, -0.2) is 23.9 Å². The van der Waals surface area contributed by atoms with Gasteiger partial charge in [0.25, 0.3) is 0 Å². The molecule has 164 valence electrons. The van der Waals surface area contributed by atoms with Crippen molar-refractivity contribution in [2.24, 2.45) is 0 Å². The molecular formula is C27H23N3O3. The van der Waals surface area contributed by atoms with Gasteiger partial charge in [0.05, 0.1) is 24.6 Å². The highest BCUT2D eigenvalue weighted by atomic mass is 16.5. The fourth-order valence-electron chi connectivity index (χ4n) is 3.30. The van der Waals surface area contributed by atoms with Crippen LogP contribution in [0, 0.1) is 22.7 Å². The molecule has 1 aliphatic rings. The lowest BCUT2D eigenvalue weighted by molar-refractivity contribution is 0.101. The largest absolute Gasteiger partial charge is 0.494 e. The number of ketones is 1. The zero-order valence-corrected chi connectivity index (χ0v) is 18.5. The highest BCUT2D eigenvalue weighted by molar-refractivity contribution is 6.11. The first kappa shape index (κ1) is 23.1. The first-order valence-corrected chi connectivity index (χ1v) is 10.5. The Morgan fingerprint density at radius 1 is 1.00 bits per heavy atom. The molecule has 3 rings (SSSR count). The predicted octanol–water partition coefficient (Wildman–Crippen LogP) is 5.39. The first-order chi connectivity index (χ1) is 16.1. The van der Waals surface area contributed by atoms with Crippen molar-refractivity contribution in [1.29, 1.82) is 10.5 Å². The van der Waals surface area contributed by atoms with E-state index in [2.05, 4.69) is 0 Å². The summed E-state index contributed by atoms with van der Waals surface area (Å²) in [5, 5.41) is 18.9. The molecule has 6 heteroatoms. The summed E-state index contributed by atoms with van der Waals surface area (Å²) in [4.78, 5) is 15.2. The smallest absolute Gasteiger partial charge is 0.209 e. The van der Waals surface area contributed by atoms with Gasteiger partial charge >= 0.3 is 0 Å². The lowest BCUT2D eigenvalue weighted by atomic mass is 10.0. The fraction of sp³-hybridized carbons (Fsp3) is 0.148. The van der Waals surface area contributed by atoms with Gasteiger partial charge in [-0.3, -0.25) is 4.79 Å². The van der Waals surface area contributed by atoms with Crippen LogP contribution in [0.1, 0.15) is 29.8 Å². The molecule has 0 saturated heterocycles. The third-order valence-electron chi connectivity index (χ3n) is 4.76. The average Bonchev–Trinajstić information content (AvgIpc) is 2.85. The molecule has 0 spiro atoms. The van der Waals surface area contributed by atoms with Crippen LogP contribution in [0.15, 0.2) is 89.9 Å². The molecule has 0 unspecified atom stereocenters. The standard InChI is InChI=1S/C27H23N3O3/c1-3-32-23-14-13-21(26(17-23)33-4-2)16-25(27(31)20-10-6-5-7-11-20)30-15-9-8-12-24(30)22(18-28)19-29/h5-17H,3-4H2,1-2H3/b25-16+. The number of rotatable bonds is 8. The Balaban J connectivity index is 2.22. The molecule has 0 N–H and O–H groups in total. The normalized spacial score (nSPS) is 12.7. The van der Waals surface area contributed by atoms with Crippen molar-refractivity contribution in [2.75, 3.05) is 13.2 Å². The topological polar surface area (TPSA) is 86.4 Å². The summed E-state index contributed by atoms with van der Waals surface area (Å²) < 4.78 is 11.4. The number of nitriles is 2. The zero-order valence-electron chi connectivity index (χ0n) is 18.5. The van der Waals surface area contributed by atoms with E-state index in [9.17, 15) is 15.3 Å². The van der Waals surface area contributed by atoms with Gasteiger partial charge < -0.3 is 14.4 Å². The highest BCUT2D eigenvalue weighted by Gasteiger charge is 2.24. The Labute approximate surface area is 193 Å². The number of hydrogen-bond donors (Lipinski definition) is 0. The number of carbonyl (C=O) groups excluding carboxylic acids is 1. The summed E-state index contributed by atoms with van der Waals surface area (Å²) in [6, 6.07) is 18.1. The van der Waals surface area contributed by atoms with E-state index in [1.165, 1.54) is 0 Å². The zero-order chi connectivity index (χ0) is 23.6. The summed E-state index contributed by atoms with van der Waals surface area (Å²) in [6.07, 6.45) is 8.45. The third kappa shape index (κ3) is 5.39. The van der Waals surface area contributed by atoms with Crippen molar-refractivity contribution in [3.63, 3.8) is 0 Å². The van der Waals surface area contributed by atoms with Crippen molar-refractivity contribution < 1.29 is 14.3 Å². The van der Waals surface area contributed by atoms with Gasteiger partial charge in [0.2, 0.25) is 5.78 Å². The van der Waals surface area contributed by atoms with Crippen LogP contribution in [0.3, 0.4) is 0 Å². The van der Waals surface area contributed by atoms with Crippen molar-refractivity contribution >= 4 is 11.9 Å². The molecule has 0 atom stereocenters. The summed E-state index contributed by atoms with van der Waals surface area (Å²) in [5.74, 6) is 0.955. The van der Waals surface area contributed by atoms with Gasteiger partial charge in [0.15, 0.2) is 5.57 Å². The molecule has 2 aromatic carbocycles. The van der Waals surface area contributed by atoms with Crippen LogP contribution in [0.4, 0.5) is 0 Å². The summed E-state index contributed by atoms with van der Waals surface area (Å²) in [6.45, 7) is 4.73. The van der Waals surface area contributed by atoms with E-state index in [1.807, 2.05) is 38.1 Å². The van der Waals surface area contributed by atoms with Crippen LogP contribution in [0.25, 0.3) is 6.08 Å². The van der Waals surface area contributed by atoms with Gasteiger partial charge in [0, 0.05) is 23.4 Å². The summed E-state index contributed by atoms with van der Waals surface area (Å²) in [7, 11) is 0. The molecule has 0 aliphatic carbocycles. The van der Waals surface area contributed by atoms with Gasteiger partial charge in [-0.2, -0.15) is 10.5 Å². The van der Waals surface area contributed by atoms with Crippen molar-refractivity contribution in [1.82, 2.24) is 4.90 Å². The van der Waals surface area contributed by atoms with Crippen molar-refractivity contribution in [3.05, 3.63) is 101 Å². The Bertz CT molecular complexity index is 1210. The molecular weight excluding hydrogens is 414 g/mol. The molecule has 0 saturated carbocycles. The predicted molar refractivity (Wildman–Crippen MR) is 126 cm³/mol. The van der Waals surface area contributed by atoms with Crippen LogP contribution >= 0.6 is 0 Å². The maximum atomic E-state index is 13.6. The van der Waals surface area contributed by atoms with Gasteiger partial charge in [-0.1, -0.05) is 36.4 Å². The number of carbonyl (C=O) groups is 1. The monoisotopic (exact) mass is 437 g/mol. The first-order valence-electron chi connectivity index (χ1n) is 10.5. The Hall–Kier alpha value is -4.55. The van der Waals surface area contributed by atoms with Crippen molar-refractivity contribution in [2.45, 2.75) is 13.8 Å². The molecule has 0 amide bonds. The molecule has 0 bridgehead atoms. The lowest BCUT2D eigenvalue weighted by Gasteiger charge is -2.26. The van der Waals surface area contributed by atoms with E-state index in [1.54, 1.807) is 71.8 Å². The molecule has 0 radical (unpaired) electrons. The molecule has 2 aromatic rings. The molecule has 0 aromatic heterocycles. The Morgan fingerprint density at radius 3 is 2.39 bits per heavy atom. The van der Waals surface area contributed by atoms with Crippen LogP contribution in [0.2, 0.25) is 0 Å². The van der Waals surface area contributed by atoms with E-state index in [0.29, 0.717) is 41.5 Å². The highest BCUT2D eigenvalue weighted by Crippen LogP contribution is 2.31. The van der Waals surface area contributed by atoms with Crippen LogP contribution in [-0.2, 0) is 0 Å². The van der Waals surface area contributed by atoms with Crippen LogP contribution < -0.4 is 9.47 Å². The minimum Gasteiger partial charge on any atom is -0.494 e. The molecule has 0 fully saturated rings. The summed E-state index contributed by atoms with van der Waals surface area (Å²) >= 11 is 0. The van der Waals surface area contributed by atoms with E-state index in [0.717, 1.165) is 0 Å². The number of allylic oxidation sites excluding steroid dienone is 5. The maximum absolute atomic E-state index is 13.6. The van der Waals surface area contributed by atoms with E-state index >= 15 is 0 Å². The fourth-order valence-corrected chi connectivity index (χ4v) is 3.30. The number of Topliss-reactive ketones (excluding diaryl/α,β-unsaturated/α-hetero) is 1. The Morgan fingerprint density at radius 2 is 1.73 bits per heavy atom. The average molecular weight is 437 g/mol. The van der Waals surface area contributed by atoms with Gasteiger partial charge in [-0.25, -0.2) is 0 Å². The second-order valence-electron chi connectivity index (χ2n) is 6.84. The SMILES string of the molecule is CCOc1ccc(/C=C(\C(=O)c2ccccc2)N2C=CC=CC2=C(C#N)C#N)c(OCC)c1. The number of ether oxygens (including phenoxy) is 2. The molecule has 1 heterocycles. The minimum atomic E-state index is -0.264. The van der Waals surface area contributed by atoms with Crippen molar-refractivity contribution in [3.8, 4) is 23.6 Å². The van der Waals surface area contributed by atoms with Gasteiger partial charge in [-0.05, 0) is 44.2 Å². The molecule has 6 nitrogen and oxygen atoms in total. The van der Waals surface area contributed by atoms with Gasteiger partial charge in [0.1, 0.15) is 23.6 Å². The van der Waals surface area contributed by atoms with E-state index in [4.69, 9.17) is 9.47 Å². The number of nitrogens with zero attached hydrogens (tertiary/aromatic N) is 3. The summed E-state index contributed by atoms with van der Waals surface area (Å²) in [5.41, 5.74) is 1.63. The van der Waals surface area contributed by atoms with E-state index in [-0.39, 0.29) is 17.1 Å². The number of hydrogen-bond acceptors (Lipinski definition) is 6. The lowest BCUT2D eigenvalue weighted by Crippen LogP contribution is -2.24. The number of benzene rings is 2. The molecule has 33 heavy (non-hydrogen) atoms. The maximum Gasteiger partial charge on any atom is 0.209 e. The molecule has 1 aliphatic heterocycles. The third-order valence-corrected chi connectivity index (χ3v) is 4.76. The second-order valence-corrected chi connectivity index (χ2v) is 6.84. The van der Waals surface area contributed by atoms with Gasteiger partial charge in [-0.15, -0.1) is 0 Å². The minimum absolute atomic E-state index is 0.0981.